The van der Waals surface area contributed by atoms with Gasteiger partial charge < -0.3 is 10.5 Å². The van der Waals surface area contributed by atoms with Crippen LogP contribution in [0.1, 0.15) is 37.7 Å². The number of nitrogens with two attached hydrogens (primary N) is 1. The average Bonchev–Trinajstić information content (AvgIpc) is 2.75. The Morgan fingerprint density at radius 3 is 2.34 bits per heavy atom. The number of carbonyl (C=O) groups is 1. The number of amides is 1. The van der Waals surface area contributed by atoms with E-state index >= 15 is 0 Å². The van der Waals surface area contributed by atoms with Gasteiger partial charge >= 0.3 is 0 Å². The van der Waals surface area contributed by atoms with Gasteiger partial charge in [0.05, 0.1) is 11.6 Å². The molecule has 1 aliphatic heterocycles. The minimum atomic E-state index is -0.199. The van der Waals surface area contributed by atoms with E-state index in [4.69, 9.17) is 15.7 Å². The van der Waals surface area contributed by atoms with E-state index in [2.05, 4.69) is 10.4 Å². The molecule has 2 N–H and O–H groups in total. The van der Waals surface area contributed by atoms with Gasteiger partial charge in [-0.15, -0.1) is 0 Å². The molecule has 2 fully saturated rings. The van der Waals surface area contributed by atoms with E-state index in [1.807, 2.05) is 24.3 Å². The SMILES string of the molecule is N#Cc1ccc(Oc2ccc(SN3CCC4CCCCC4C3C(N)=O)cc2)cc1. The number of nitriles is 1. The maximum Gasteiger partial charge on any atom is 0.236 e. The molecule has 1 heterocycles. The Labute approximate surface area is 176 Å². The molecule has 0 spiro atoms. The van der Waals surface area contributed by atoms with Gasteiger partial charge in [0.2, 0.25) is 5.91 Å². The monoisotopic (exact) mass is 407 g/mol. The summed E-state index contributed by atoms with van der Waals surface area (Å²) in [4.78, 5) is 13.3. The second-order valence-electron chi connectivity index (χ2n) is 7.79. The molecule has 1 saturated heterocycles. The summed E-state index contributed by atoms with van der Waals surface area (Å²) in [7, 11) is 0. The summed E-state index contributed by atoms with van der Waals surface area (Å²) < 4.78 is 8.03. The minimum absolute atomic E-state index is 0.186. The van der Waals surface area contributed by atoms with Crippen LogP contribution in [0.3, 0.4) is 0 Å². The molecule has 1 saturated carbocycles. The van der Waals surface area contributed by atoms with Crippen LogP contribution in [0.25, 0.3) is 0 Å². The van der Waals surface area contributed by atoms with Gasteiger partial charge in [-0.25, -0.2) is 4.31 Å². The van der Waals surface area contributed by atoms with Crippen LogP contribution < -0.4 is 10.5 Å². The highest BCUT2D eigenvalue weighted by Crippen LogP contribution is 2.43. The van der Waals surface area contributed by atoms with Crippen molar-refractivity contribution in [1.29, 1.82) is 5.26 Å². The summed E-state index contributed by atoms with van der Waals surface area (Å²) in [6.45, 7) is 0.892. The van der Waals surface area contributed by atoms with Crippen LogP contribution in [-0.2, 0) is 4.79 Å². The van der Waals surface area contributed by atoms with E-state index in [9.17, 15) is 4.79 Å². The Hall–Kier alpha value is -2.49. The molecular formula is C23H25N3O2S. The van der Waals surface area contributed by atoms with E-state index in [-0.39, 0.29) is 11.9 Å². The van der Waals surface area contributed by atoms with Crippen molar-refractivity contribution in [2.45, 2.75) is 43.0 Å². The zero-order chi connectivity index (χ0) is 20.2. The van der Waals surface area contributed by atoms with Gasteiger partial charge in [0.15, 0.2) is 0 Å². The molecule has 150 valence electrons. The van der Waals surface area contributed by atoms with Crippen LogP contribution >= 0.6 is 11.9 Å². The lowest BCUT2D eigenvalue weighted by atomic mass is 9.71. The van der Waals surface area contributed by atoms with Gasteiger partial charge in [0.25, 0.3) is 0 Å². The Bertz CT molecular complexity index is 892. The maximum absolute atomic E-state index is 12.2. The van der Waals surface area contributed by atoms with Gasteiger partial charge in [0, 0.05) is 11.4 Å². The fourth-order valence-electron chi connectivity index (χ4n) is 4.55. The van der Waals surface area contributed by atoms with Crippen molar-refractivity contribution >= 4 is 17.9 Å². The van der Waals surface area contributed by atoms with Gasteiger partial charge in [-0.2, -0.15) is 5.26 Å². The largest absolute Gasteiger partial charge is 0.457 e. The third-order valence-corrected chi connectivity index (χ3v) is 7.09. The third-order valence-electron chi connectivity index (χ3n) is 5.96. The normalized spacial score (nSPS) is 24.3. The molecule has 0 aromatic heterocycles. The molecule has 0 bridgehead atoms. The molecule has 5 nitrogen and oxygen atoms in total. The Balaban J connectivity index is 1.42. The molecule has 29 heavy (non-hydrogen) atoms. The van der Waals surface area contributed by atoms with Crippen molar-refractivity contribution in [1.82, 2.24) is 4.31 Å². The van der Waals surface area contributed by atoms with E-state index in [0.29, 0.717) is 23.1 Å². The number of nitrogens with zero attached hydrogens (tertiary/aromatic N) is 2. The highest BCUT2D eigenvalue weighted by Gasteiger charge is 2.42. The van der Waals surface area contributed by atoms with Crippen LogP contribution in [-0.4, -0.2) is 22.8 Å². The van der Waals surface area contributed by atoms with E-state index in [1.165, 1.54) is 19.3 Å². The van der Waals surface area contributed by atoms with Crippen LogP contribution in [0.4, 0.5) is 0 Å². The second kappa shape index (κ2) is 8.89. The molecule has 6 heteroatoms. The van der Waals surface area contributed by atoms with Gasteiger partial charge in [-0.3, -0.25) is 4.79 Å². The van der Waals surface area contributed by atoms with Crippen LogP contribution in [0.5, 0.6) is 11.5 Å². The summed E-state index contributed by atoms with van der Waals surface area (Å²) in [5.74, 6) is 2.26. The molecule has 0 radical (unpaired) electrons. The molecule has 1 amide bonds. The quantitative estimate of drug-likeness (QED) is 0.725. The Kier molecular flexibility index (Phi) is 6.08. The fraction of sp³-hybridized carbons (Fsp3) is 0.391. The smallest absolute Gasteiger partial charge is 0.236 e. The number of carbonyl (C=O) groups excluding carboxylic acids is 1. The lowest BCUT2D eigenvalue weighted by molar-refractivity contribution is -0.125. The fourth-order valence-corrected chi connectivity index (χ4v) is 5.65. The number of piperidine rings is 1. The van der Waals surface area contributed by atoms with E-state index < -0.39 is 0 Å². The van der Waals surface area contributed by atoms with Crippen molar-refractivity contribution in [3.63, 3.8) is 0 Å². The van der Waals surface area contributed by atoms with E-state index in [0.717, 1.165) is 30.0 Å². The van der Waals surface area contributed by atoms with Crippen LogP contribution in [0, 0.1) is 23.2 Å². The number of rotatable bonds is 5. The first-order chi connectivity index (χ1) is 14.1. The molecular weight excluding hydrogens is 382 g/mol. The van der Waals surface area contributed by atoms with Gasteiger partial charge in [0.1, 0.15) is 17.5 Å². The van der Waals surface area contributed by atoms with E-state index in [1.54, 1.807) is 36.2 Å². The minimum Gasteiger partial charge on any atom is -0.457 e. The zero-order valence-corrected chi connectivity index (χ0v) is 17.1. The third kappa shape index (κ3) is 4.58. The Morgan fingerprint density at radius 1 is 1.03 bits per heavy atom. The van der Waals surface area contributed by atoms with Crippen LogP contribution in [0.15, 0.2) is 53.4 Å². The Morgan fingerprint density at radius 2 is 1.69 bits per heavy atom. The summed E-state index contributed by atoms with van der Waals surface area (Å²) in [5, 5.41) is 8.87. The van der Waals surface area contributed by atoms with Crippen molar-refractivity contribution < 1.29 is 9.53 Å². The number of fused-ring (bicyclic) bond motifs is 1. The zero-order valence-electron chi connectivity index (χ0n) is 16.3. The lowest BCUT2D eigenvalue weighted by Crippen LogP contribution is -2.53. The highest BCUT2D eigenvalue weighted by atomic mass is 32.2. The number of benzene rings is 2. The van der Waals surface area contributed by atoms with Gasteiger partial charge in [-0.05, 0) is 85.2 Å². The summed E-state index contributed by atoms with van der Waals surface area (Å²) in [5.41, 5.74) is 6.42. The molecule has 2 aliphatic rings. The topological polar surface area (TPSA) is 79.3 Å². The predicted octanol–water partition coefficient (Wildman–Crippen LogP) is 4.72. The summed E-state index contributed by atoms with van der Waals surface area (Å²) in [6.07, 6.45) is 5.95. The molecule has 1 aliphatic carbocycles. The molecule has 3 atom stereocenters. The average molecular weight is 408 g/mol. The number of hydrogen-bond donors (Lipinski definition) is 1. The molecule has 2 aromatic rings. The number of ether oxygens (including phenoxy) is 1. The highest BCUT2D eigenvalue weighted by molar-refractivity contribution is 7.97. The van der Waals surface area contributed by atoms with Crippen molar-refractivity contribution in [2.24, 2.45) is 17.6 Å². The van der Waals surface area contributed by atoms with Crippen molar-refractivity contribution in [2.75, 3.05) is 6.54 Å². The lowest BCUT2D eigenvalue weighted by Gasteiger charge is -2.45. The van der Waals surface area contributed by atoms with Gasteiger partial charge in [-0.1, -0.05) is 19.3 Å². The molecule has 2 aromatic carbocycles. The predicted molar refractivity (Wildman–Crippen MR) is 113 cm³/mol. The summed E-state index contributed by atoms with van der Waals surface area (Å²) >= 11 is 1.62. The van der Waals surface area contributed by atoms with Crippen molar-refractivity contribution in [3.8, 4) is 17.6 Å². The number of primary amides is 1. The van der Waals surface area contributed by atoms with Crippen molar-refractivity contribution in [3.05, 3.63) is 54.1 Å². The molecule has 4 rings (SSSR count). The first-order valence-electron chi connectivity index (χ1n) is 10.2. The molecule has 3 unspecified atom stereocenters. The van der Waals surface area contributed by atoms with Crippen LogP contribution in [0.2, 0.25) is 0 Å². The second-order valence-corrected chi connectivity index (χ2v) is 8.91. The maximum atomic E-state index is 12.2. The number of hydrogen-bond acceptors (Lipinski definition) is 5. The standard InChI is InChI=1S/C23H25N3O2S/c24-15-16-5-7-18(8-6-16)28-19-9-11-20(12-10-19)29-26-14-13-17-3-1-2-4-21(17)22(26)23(25)27/h5-12,17,21-22H,1-4,13-14H2,(H2,25,27). The first kappa shape index (κ1) is 19.8. The first-order valence-corrected chi connectivity index (χ1v) is 10.9. The summed E-state index contributed by atoms with van der Waals surface area (Å²) in [6, 6.07) is 16.8.